The zero-order chi connectivity index (χ0) is 15.6. The Morgan fingerprint density at radius 1 is 1.33 bits per heavy atom. The standard InChI is InChI=1S/C12H7BrN2O5S/c13-7-2-1-6(5-9(7)15(19)20)11(16)14-8-3-4-21-10(8)12(17)18/h1-5H,(H,14,16)(H,17,18). The van der Waals surface area contributed by atoms with Crippen molar-refractivity contribution in [3.63, 3.8) is 0 Å². The molecule has 1 amide bonds. The number of carbonyl (C=O) groups is 2. The molecule has 0 aliphatic rings. The maximum Gasteiger partial charge on any atom is 0.348 e. The van der Waals surface area contributed by atoms with Crippen molar-refractivity contribution < 1.29 is 19.6 Å². The van der Waals surface area contributed by atoms with Crippen molar-refractivity contribution in [1.29, 1.82) is 0 Å². The van der Waals surface area contributed by atoms with Gasteiger partial charge in [0.1, 0.15) is 4.88 Å². The van der Waals surface area contributed by atoms with Crippen molar-refractivity contribution >= 4 is 50.5 Å². The van der Waals surface area contributed by atoms with E-state index in [-0.39, 0.29) is 26.3 Å². The molecule has 108 valence electrons. The van der Waals surface area contributed by atoms with Gasteiger partial charge in [-0.2, -0.15) is 0 Å². The first-order valence-corrected chi connectivity index (χ1v) is 7.13. The summed E-state index contributed by atoms with van der Waals surface area (Å²) in [6.07, 6.45) is 0. The maximum absolute atomic E-state index is 12.0. The van der Waals surface area contributed by atoms with Gasteiger partial charge in [-0.05, 0) is 39.5 Å². The number of benzene rings is 1. The van der Waals surface area contributed by atoms with Crippen LogP contribution < -0.4 is 5.32 Å². The Morgan fingerprint density at radius 3 is 2.67 bits per heavy atom. The SMILES string of the molecule is O=C(Nc1ccsc1C(=O)O)c1ccc(Br)c([N+](=O)[O-])c1. The number of carboxylic acids is 1. The summed E-state index contributed by atoms with van der Waals surface area (Å²) >= 11 is 4.00. The highest BCUT2D eigenvalue weighted by Crippen LogP contribution is 2.27. The van der Waals surface area contributed by atoms with Gasteiger partial charge in [-0.3, -0.25) is 14.9 Å². The summed E-state index contributed by atoms with van der Waals surface area (Å²) in [7, 11) is 0. The third-order valence-corrected chi connectivity index (χ3v) is 4.09. The molecule has 1 aromatic heterocycles. The van der Waals surface area contributed by atoms with E-state index < -0.39 is 16.8 Å². The minimum absolute atomic E-state index is 0.00467. The fourth-order valence-electron chi connectivity index (χ4n) is 1.56. The topological polar surface area (TPSA) is 110 Å². The first-order chi connectivity index (χ1) is 9.90. The second-order valence-electron chi connectivity index (χ2n) is 3.85. The van der Waals surface area contributed by atoms with E-state index in [9.17, 15) is 19.7 Å². The predicted molar refractivity (Wildman–Crippen MR) is 80.0 cm³/mol. The van der Waals surface area contributed by atoms with E-state index in [0.29, 0.717) is 0 Å². The van der Waals surface area contributed by atoms with Crippen LogP contribution >= 0.6 is 27.3 Å². The first-order valence-electron chi connectivity index (χ1n) is 5.46. The van der Waals surface area contributed by atoms with Gasteiger partial charge in [0.2, 0.25) is 0 Å². The summed E-state index contributed by atoms with van der Waals surface area (Å²) in [5.41, 5.74) is -0.0260. The van der Waals surface area contributed by atoms with Gasteiger partial charge in [0.25, 0.3) is 11.6 Å². The maximum atomic E-state index is 12.0. The smallest absolute Gasteiger partial charge is 0.348 e. The molecule has 0 radical (unpaired) electrons. The molecule has 7 nitrogen and oxygen atoms in total. The highest BCUT2D eigenvalue weighted by atomic mass is 79.9. The van der Waals surface area contributed by atoms with E-state index in [1.807, 2.05) is 0 Å². The normalized spacial score (nSPS) is 10.1. The van der Waals surface area contributed by atoms with Gasteiger partial charge in [-0.1, -0.05) is 0 Å². The molecule has 2 rings (SSSR count). The molecule has 0 unspecified atom stereocenters. The molecular weight excluding hydrogens is 364 g/mol. The number of rotatable bonds is 4. The number of nitrogens with zero attached hydrogens (tertiary/aromatic N) is 1. The largest absolute Gasteiger partial charge is 0.477 e. The number of anilines is 1. The van der Waals surface area contributed by atoms with Crippen LogP contribution in [-0.2, 0) is 0 Å². The highest BCUT2D eigenvalue weighted by Gasteiger charge is 2.18. The molecule has 1 aromatic carbocycles. The molecule has 0 aliphatic carbocycles. The van der Waals surface area contributed by atoms with Gasteiger partial charge < -0.3 is 10.4 Å². The van der Waals surface area contributed by atoms with Gasteiger partial charge >= 0.3 is 5.97 Å². The van der Waals surface area contributed by atoms with Crippen LogP contribution in [0.3, 0.4) is 0 Å². The van der Waals surface area contributed by atoms with Crippen molar-refractivity contribution in [2.24, 2.45) is 0 Å². The van der Waals surface area contributed by atoms with Gasteiger partial charge in [-0.15, -0.1) is 11.3 Å². The third kappa shape index (κ3) is 3.26. The lowest BCUT2D eigenvalue weighted by Crippen LogP contribution is -2.13. The predicted octanol–water partition coefficient (Wildman–Crippen LogP) is 3.37. The van der Waals surface area contributed by atoms with E-state index >= 15 is 0 Å². The van der Waals surface area contributed by atoms with E-state index in [1.165, 1.54) is 23.6 Å². The van der Waals surface area contributed by atoms with Crippen LogP contribution in [0.4, 0.5) is 11.4 Å². The lowest BCUT2D eigenvalue weighted by atomic mass is 10.2. The number of amides is 1. The Balaban J connectivity index is 2.29. The average Bonchev–Trinajstić information content (AvgIpc) is 2.87. The van der Waals surface area contributed by atoms with E-state index in [0.717, 1.165) is 17.4 Å². The van der Waals surface area contributed by atoms with Crippen LogP contribution in [-0.4, -0.2) is 21.9 Å². The minimum Gasteiger partial charge on any atom is -0.477 e. The minimum atomic E-state index is -1.15. The van der Waals surface area contributed by atoms with Crippen LogP contribution in [0.15, 0.2) is 34.1 Å². The van der Waals surface area contributed by atoms with Gasteiger partial charge in [0, 0.05) is 11.6 Å². The lowest BCUT2D eigenvalue weighted by molar-refractivity contribution is -0.385. The number of hydrogen-bond donors (Lipinski definition) is 2. The zero-order valence-corrected chi connectivity index (χ0v) is 12.6. The number of carbonyl (C=O) groups excluding carboxylic acids is 1. The highest BCUT2D eigenvalue weighted by molar-refractivity contribution is 9.10. The second-order valence-corrected chi connectivity index (χ2v) is 5.62. The molecule has 0 saturated carbocycles. The molecule has 9 heteroatoms. The van der Waals surface area contributed by atoms with Gasteiger partial charge in [0.05, 0.1) is 15.1 Å². The Hall–Kier alpha value is -2.26. The summed E-state index contributed by atoms with van der Waals surface area (Å²) in [6, 6.07) is 5.36. The van der Waals surface area contributed by atoms with Crippen LogP contribution in [0.25, 0.3) is 0 Å². The van der Waals surface area contributed by atoms with Crippen molar-refractivity contribution in [1.82, 2.24) is 0 Å². The summed E-state index contributed by atoms with van der Waals surface area (Å²) < 4.78 is 0.255. The fraction of sp³-hybridized carbons (Fsp3) is 0. The Labute approximate surface area is 130 Å². The van der Waals surface area contributed by atoms with Crippen LogP contribution in [0, 0.1) is 10.1 Å². The molecule has 0 fully saturated rings. The number of carboxylic acid groups (broad SMARTS) is 1. The number of aromatic carboxylic acids is 1. The second kappa shape index (κ2) is 6.02. The summed E-state index contributed by atoms with van der Waals surface area (Å²) in [5, 5.41) is 23.7. The van der Waals surface area contributed by atoms with E-state index in [4.69, 9.17) is 5.11 Å². The van der Waals surface area contributed by atoms with Crippen molar-refractivity contribution in [2.45, 2.75) is 0 Å². The van der Waals surface area contributed by atoms with E-state index in [1.54, 1.807) is 0 Å². The zero-order valence-electron chi connectivity index (χ0n) is 10.2. The Kier molecular flexibility index (Phi) is 4.34. The molecule has 2 aromatic rings. The average molecular weight is 371 g/mol. The first kappa shape index (κ1) is 15.1. The lowest BCUT2D eigenvalue weighted by Gasteiger charge is -2.05. The van der Waals surface area contributed by atoms with Crippen LogP contribution in [0.2, 0.25) is 0 Å². The summed E-state index contributed by atoms with van der Waals surface area (Å²) in [5.74, 6) is -1.77. The fourth-order valence-corrected chi connectivity index (χ4v) is 2.64. The number of hydrogen-bond acceptors (Lipinski definition) is 5. The Bertz CT molecular complexity index is 743. The molecular formula is C12H7BrN2O5S. The van der Waals surface area contributed by atoms with Crippen LogP contribution in [0.5, 0.6) is 0 Å². The Morgan fingerprint density at radius 2 is 2.05 bits per heavy atom. The molecule has 0 atom stereocenters. The molecule has 21 heavy (non-hydrogen) atoms. The number of nitro benzene ring substituents is 1. The number of nitrogens with one attached hydrogen (secondary N) is 1. The third-order valence-electron chi connectivity index (χ3n) is 2.51. The summed E-state index contributed by atoms with van der Waals surface area (Å²) in [4.78, 5) is 33.2. The van der Waals surface area contributed by atoms with Gasteiger partial charge in [0.15, 0.2) is 0 Å². The number of halogens is 1. The molecule has 0 bridgehead atoms. The van der Waals surface area contributed by atoms with E-state index in [2.05, 4.69) is 21.2 Å². The number of thiophene rings is 1. The molecule has 0 spiro atoms. The quantitative estimate of drug-likeness (QED) is 0.633. The van der Waals surface area contributed by atoms with Crippen molar-refractivity contribution in [3.8, 4) is 0 Å². The molecule has 0 aliphatic heterocycles. The van der Waals surface area contributed by atoms with Crippen molar-refractivity contribution in [2.75, 3.05) is 5.32 Å². The van der Waals surface area contributed by atoms with Crippen LogP contribution in [0.1, 0.15) is 20.0 Å². The molecule has 1 heterocycles. The van der Waals surface area contributed by atoms with Crippen molar-refractivity contribution in [3.05, 3.63) is 54.7 Å². The van der Waals surface area contributed by atoms with Gasteiger partial charge in [-0.25, -0.2) is 4.79 Å². The molecule has 2 N–H and O–H groups in total. The summed E-state index contributed by atoms with van der Waals surface area (Å²) in [6.45, 7) is 0. The number of nitro groups is 1. The monoisotopic (exact) mass is 370 g/mol. The molecule has 0 saturated heterocycles.